The first-order valence-corrected chi connectivity index (χ1v) is 9.09. The second kappa shape index (κ2) is 5.60. The lowest BCUT2D eigenvalue weighted by Crippen LogP contribution is -2.40. The molecule has 4 heteroatoms. The summed E-state index contributed by atoms with van der Waals surface area (Å²) in [4.78, 5) is 11.3. The summed E-state index contributed by atoms with van der Waals surface area (Å²) in [5.74, 6) is 1.51. The van der Waals surface area contributed by atoms with Gasteiger partial charge in [-0.25, -0.2) is 4.79 Å². The molecule has 128 valence electrons. The van der Waals surface area contributed by atoms with E-state index in [0.29, 0.717) is 23.8 Å². The summed E-state index contributed by atoms with van der Waals surface area (Å²) < 4.78 is 6.08. The first-order chi connectivity index (χ1) is 12.2. The average molecular weight is 335 g/mol. The maximum Gasteiger partial charge on any atom is 0.335 e. The molecule has 2 N–H and O–H groups in total. The number of carboxylic acids is 1. The normalized spacial score (nSPS) is 29.4. The number of rotatable bonds is 2. The maximum atomic E-state index is 11.3. The molecule has 2 aromatic rings. The molecule has 2 bridgehead atoms. The molecule has 3 aliphatic heterocycles. The third-order valence-electron chi connectivity index (χ3n) is 6.05. The van der Waals surface area contributed by atoms with Gasteiger partial charge < -0.3 is 15.2 Å². The minimum absolute atomic E-state index is 0.280. The molecule has 3 unspecified atom stereocenters. The molecule has 0 aromatic heterocycles. The summed E-state index contributed by atoms with van der Waals surface area (Å²) in [5, 5.41) is 13.0. The van der Waals surface area contributed by atoms with Gasteiger partial charge in [0, 0.05) is 29.1 Å². The molecule has 2 saturated heterocycles. The minimum Gasteiger partial charge on any atom is -0.478 e. The van der Waals surface area contributed by atoms with E-state index in [0.717, 1.165) is 11.3 Å². The summed E-state index contributed by atoms with van der Waals surface area (Å²) >= 11 is 0. The van der Waals surface area contributed by atoms with Gasteiger partial charge in [-0.05, 0) is 49.8 Å². The van der Waals surface area contributed by atoms with E-state index in [-0.39, 0.29) is 11.5 Å². The van der Waals surface area contributed by atoms with E-state index >= 15 is 0 Å². The van der Waals surface area contributed by atoms with Crippen molar-refractivity contribution in [3.8, 4) is 11.5 Å². The van der Waals surface area contributed by atoms with Crippen LogP contribution in [0.5, 0.6) is 11.5 Å². The minimum atomic E-state index is -0.915. The van der Waals surface area contributed by atoms with Gasteiger partial charge in [0.15, 0.2) is 0 Å². The zero-order valence-corrected chi connectivity index (χ0v) is 13.9. The van der Waals surface area contributed by atoms with Gasteiger partial charge in [-0.15, -0.1) is 0 Å². The van der Waals surface area contributed by atoms with E-state index in [1.807, 2.05) is 18.2 Å². The lowest BCUT2D eigenvalue weighted by Gasteiger charge is -2.38. The number of ether oxygens (including phenoxy) is 1. The monoisotopic (exact) mass is 335 g/mol. The van der Waals surface area contributed by atoms with Crippen LogP contribution in [0.4, 0.5) is 0 Å². The van der Waals surface area contributed by atoms with E-state index in [1.54, 1.807) is 12.1 Å². The van der Waals surface area contributed by atoms with Crippen LogP contribution in [0.2, 0.25) is 0 Å². The van der Waals surface area contributed by atoms with Crippen LogP contribution in [0.1, 0.15) is 53.1 Å². The fraction of sp³-hybridized carbons (Fsp3) is 0.381. The molecule has 2 aromatic carbocycles. The number of benzene rings is 2. The number of carboxylic acid groups (broad SMARTS) is 1. The fourth-order valence-corrected chi connectivity index (χ4v) is 5.01. The predicted molar refractivity (Wildman–Crippen MR) is 94.4 cm³/mol. The molecule has 0 saturated carbocycles. The Hall–Kier alpha value is -2.33. The molecular weight excluding hydrogens is 314 g/mol. The van der Waals surface area contributed by atoms with Crippen molar-refractivity contribution in [1.82, 2.24) is 5.32 Å². The van der Waals surface area contributed by atoms with E-state index in [4.69, 9.17) is 4.74 Å². The molecule has 0 spiro atoms. The molecule has 2 fully saturated rings. The van der Waals surface area contributed by atoms with Gasteiger partial charge in [0.2, 0.25) is 0 Å². The van der Waals surface area contributed by atoms with Crippen LogP contribution in [0.25, 0.3) is 0 Å². The van der Waals surface area contributed by atoms with Crippen LogP contribution in [-0.2, 0) is 0 Å². The SMILES string of the molecule is O=C(O)c1ccc2c(c1)Oc1ccccc1C2C1CC2CCC(C1)N2. The van der Waals surface area contributed by atoms with Crippen LogP contribution in [0.3, 0.4) is 0 Å². The van der Waals surface area contributed by atoms with Crippen LogP contribution in [0, 0.1) is 5.92 Å². The fourth-order valence-electron chi connectivity index (χ4n) is 5.01. The summed E-state index contributed by atoms with van der Waals surface area (Å²) in [5.41, 5.74) is 2.65. The smallest absolute Gasteiger partial charge is 0.335 e. The first-order valence-electron chi connectivity index (χ1n) is 9.09. The van der Waals surface area contributed by atoms with Gasteiger partial charge in [0.25, 0.3) is 0 Å². The zero-order chi connectivity index (χ0) is 17.0. The Morgan fingerprint density at radius 1 is 1.00 bits per heavy atom. The third-order valence-corrected chi connectivity index (χ3v) is 6.05. The number of hydrogen-bond donors (Lipinski definition) is 2. The van der Waals surface area contributed by atoms with Gasteiger partial charge in [-0.1, -0.05) is 24.3 Å². The van der Waals surface area contributed by atoms with Crippen molar-refractivity contribution in [2.24, 2.45) is 5.92 Å². The average Bonchev–Trinajstić information content (AvgIpc) is 2.97. The Bertz CT molecular complexity index is 835. The van der Waals surface area contributed by atoms with Gasteiger partial charge in [-0.3, -0.25) is 0 Å². The Labute approximate surface area is 146 Å². The van der Waals surface area contributed by atoms with Crippen molar-refractivity contribution in [2.75, 3.05) is 0 Å². The van der Waals surface area contributed by atoms with E-state index in [1.165, 1.54) is 31.2 Å². The van der Waals surface area contributed by atoms with Gasteiger partial charge in [0.05, 0.1) is 5.56 Å². The molecular formula is C21H21NO3. The summed E-state index contributed by atoms with van der Waals surface area (Å²) in [6.07, 6.45) is 4.90. The largest absolute Gasteiger partial charge is 0.478 e. The number of piperidine rings is 1. The summed E-state index contributed by atoms with van der Waals surface area (Å²) in [6, 6.07) is 14.8. The standard InChI is InChI=1S/C21H21NO3/c23-21(24)12-5-8-17-19(11-12)25-18-4-2-1-3-16(18)20(17)13-9-14-6-7-15(10-13)22-14/h1-5,8,11,13-15,20,22H,6-7,9-10H2,(H,23,24). The Morgan fingerprint density at radius 3 is 2.48 bits per heavy atom. The van der Waals surface area contributed by atoms with E-state index in [2.05, 4.69) is 17.4 Å². The van der Waals surface area contributed by atoms with Crippen molar-refractivity contribution < 1.29 is 14.6 Å². The molecule has 0 aliphatic carbocycles. The molecule has 4 nitrogen and oxygen atoms in total. The lowest BCUT2D eigenvalue weighted by molar-refractivity contribution is 0.0696. The van der Waals surface area contributed by atoms with Crippen molar-refractivity contribution in [2.45, 2.75) is 43.7 Å². The highest BCUT2D eigenvalue weighted by Crippen LogP contribution is 2.51. The second-order valence-corrected chi connectivity index (χ2v) is 7.54. The highest BCUT2D eigenvalue weighted by Gasteiger charge is 2.41. The van der Waals surface area contributed by atoms with Crippen molar-refractivity contribution >= 4 is 5.97 Å². The number of nitrogens with one attached hydrogen (secondary N) is 1. The highest BCUT2D eigenvalue weighted by molar-refractivity contribution is 5.88. The van der Waals surface area contributed by atoms with Crippen LogP contribution in [0.15, 0.2) is 42.5 Å². The topological polar surface area (TPSA) is 58.6 Å². The van der Waals surface area contributed by atoms with Crippen LogP contribution >= 0.6 is 0 Å². The number of hydrogen-bond acceptors (Lipinski definition) is 3. The number of carbonyl (C=O) groups is 1. The van der Waals surface area contributed by atoms with E-state index < -0.39 is 5.97 Å². The van der Waals surface area contributed by atoms with Gasteiger partial charge in [-0.2, -0.15) is 0 Å². The lowest BCUT2D eigenvalue weighted by atomic mass is 9.73. The van der Waals surface area contributed by atoms with E-state index in [9.17, 15) is 9.90 Å². The van der Waals surface area contributed by atoms with Crippen LogP contribution in [-0.4, -0.2) is 23.2 Å². The number of fused-ring (bicyclic) bond motifs is 4. The van der Waals surface area contributed by atoms with Crippen LogP contribution < -0.4 is 10.1 Å². The quantitative estimate of drug-likeness (QED) is 0.865. The third kappa shape index (κ3) is 2.44. The summed E-state index contributed by atoms with van der Waals surface area (Å²) in [6.45, 7) is 0. The zero-order valence-electron chi connectivity index (χ0n) is 13.9. The highest BCUT2D eigenvalue weighted by atomic mass is 16.5. The molecule has 0 amide bonds. The molecule has 3 aliphatic rings. The second-order valence-electron chi connectivity index (χ2n) is 7.54. The molecule has 0 radical (unpaired) electrons. The first kappa shape index (κ1) is 15.0. The van der Waals surface area contributed by atoms with Gasteiger partial charge >= 0.3 is 5.97 Å². The number of aromatic carboxylic acids is 1. The molecule has 5 rings (SSSR count). The Balaban J connectivity index is 1.61. The molecule has 3 heterocycles. The van der Waals surface area contributed by atoms with Crippen molar-refractivity contribution in [1.29, 1.82) is 0 Å². The van der Waals surface area contributed by atoms with Crippen molar-refractivity contribution in [3.63, 3.8) is 0 Å². The number of para-hydroxylation sites is 1. The van der Waals surface area contributed by atoms with Gasteiger partial charge in [0.1, 0.15) is 11.5 Å². The molecule has 25 heavy (non-hydrogen) atoms. The summed E-state index contributed by atoms with van der Waals surface area (Å²) in [7, 11) is 0. The predicted octanol–water partition coefficient (Wildman–Crippen LogP) is 4.15. The van der Waals surface area contributed by atoms with Crippen molar-refractivity contribution in [3.05, 3.63) is 59.2 Å². The Morgan fingerprint density at radius 2 is 1.72 bits per heavy atom. The maximum absolute atomic E-state index is 11.3. The molecule has 3 atom stereocenters. The Kier molecular flexibility index (Phi) is 3.35.